The van der Waals surface area contributed by atoms with Crippen LogP contribution >= 0.6 is 0 Å². The molecular weight excluding hydrogens is 388 g/mol. The number of rotatable bonds is 12. The first-order valence-electron chi connectivity index (χ1n) is 11.7. The average Bonchev–Trinajstić information content (AvgIpc) is 3.61. The van der Waals surface area contributed by atoms with Crippen molar-refractivity contribution in [2.75, 3.05) is 26.4 Å². The zero-order valence-electron chi connectivity index (χ0n) is 19.5. The summed E-state index contributed by atoms with van der Waals surface area (Å²) in [6, 6.07) is 9.06. The van der Waals surface area contributed by atoms with E-state index in [1.165, 1.54) is 33.4 Å². The molecule has 2 aliphatic heterocycles. The molecule has 2 heterocycles. The monoisotopic (exact) mass is 424 g/mol. The molecule has 0 spiro atoms. The topological polar surface area (TPSA) is 43.5 Å². The summed E-state index contributed by atoms with van der Waals surface area (Å²) in [7, 11) is 0. The van der Waals surface area contributed by atoms with Gasteiger partial charge in [0.1, 0.15) is 11.5 Å². The van der Waals surface area contributed by atoms with Crippen LogP contribution in [0.25, 0.3) is 0 Å². The Bertz CT molecular complexity index is 777. The smallest absolute Gasteiger partial charge is 0.125 e. The minimum absolute atomic E-state index is 0.481. The standard InChI is InChI=1S/C27H36O4/c1-18-11-22(12-19(2)26(18)28-9-5-7-24-16-30-24)15-23-13-20(3)27(21(4)14-23)29-10-6-8-25-17-31-25/h11-14,24-25H,5-10,15-17H2,1-4H3. The Balaban J connectivity index is 1.34. The van der Waals surface area contributed by atoms with Gasteiger partial charge in [-0.15, -0.1) is 0 Å². The van der Waals surface area contributed by atoms with Crippen LogP contribution in [0.3, 0.4) is 0 Å². The van der Waals surface area contributed by atoms with E-state index in [-0.39, 0.29) is 0 Å². The van der Waals surface area contributed by atoms with Gasteiger partial charge in [0.05, 0.1) is 38.6 Å². The zero-order valence-corrected chi connectivity index (χ0v) is 19.5. The fourth-order valence-electron chi connectivity index (χ4n) is 4.41. The molecule has 2 aliphatic rings. The van der Waals surface area contributed by atoms with E-state index in [1.54, 1.807) is 0 Å². The first kappa shape index (κ1) is 22.2. The van der Waals surface area contributed by atoms with E-state index >= 15 is 0 Å². The molecule has 2 atom stereocenters. The maximum atomic E-state index is 6.09. The fraction of sp³-hybridized carbons (Fsp3) is 0.556. The third kappa shape index (κ3) is 6.47. The fourth-order valence-corrected chi connectivity index (χ4v) is 4.41. The molecule has 31 heavy (non-hydrogen) atoms. The molecule has 0 N–H and O–H groups in total. The lowest BCUT2D eigenvalue weighted by molar-refractivity contribution is 0.290. The molecular formula is C27H36O4. The van der Waals surface area contributed by atoms with Gasteiger partial charge in [0.15, 0.2) is 0 Å². The maximum absolute atomic E-state index is 6.09. The van der Waals surface area contributed by atoms with Gasteiger partial charge in [-0.05, 0) is 93.2 Å². The predicted octanol–water partition coefficient (Wildman–Crippen LogP) is 5.63. The van der Waals surface area contributed by atoms with E-state index < -0.39 is 0 Å². The van der Waals surface area contributed by atoms with Gasteiger partial charge in [0, 0.05) is 0 Å². The summed E-state index contributed by atoms with van der Waals surface area (Å²) in [5.74, 6) is 2.07. The van der Waals surface area contributed by atoms with Crippen molar-refractivity contribution in [1.82, 2.24) is 0 Å². The molecule has 2 unspecified atom stereocenters. The molecule has 2 fully saturated rings. The molecule has 0 radical (unpaired) electrons. The van der Waals surface area contributed by atoms with E-state index in [0.717, 1.165) is 70.0 Å². The summed E-state index contributed by atoms with van der Waals surface area (Å²) in [5.41, 5.74) is 7.50. The van der Waals surface area contributed by atoms with Crippen molar-refractivity contribution >= 4 is 0 Å². The third-order valence-electron chi connectivity index (χ3n) is 6.09. The largest absolute Gasteiger partial charge is 0.493 e. The first-order chi connectivity index (χ1) is 15.0. The number of hydrogen-bond acceptors (Lipinski definition) is 4. The van der Waals surface area contributed by atoms with Crippen LogP contribution in [-0.4, -0.2) is 38.6 Å². The van der Waals surface area contributed by atoms with Gasteiger partial charge in [-0.1, -0.05) is 24.3 Å². The van der Waals surface area contributed by atoms with E-state index in [4.69, 9.17) is 18.9 Å². The minimum Gasteiger partial charge on any atom is -0.493 e. The highest BCUT2D eigenvalue weighted by Crippen LogP contribution is 2.30. The van der Waals surface area contributed by atoms with Crippen molar-refractivity contribution in [1.29, 1.82) is 0 Å². The van der Waals surface area contributed by atoms with Crippen LogP contribution < -0.4 is 9.47 Å². The third-order valence-corrected chi connectivity index (χ3v) is 6.09. The van der Waals surface area contributed by atoms with Crippen LogP contribution in [-0.2, 0) is 15.9 Å². The highest BCUT2D eigenvalue weighted by Gasteiger charge is 2.22. The van der Waals surface area contributed by atoms with E-state index in [0.29, 0.717) is 12.2 Å². The SMILES string of the molecule is Cc1cc(Cc2cc(C)c(OCCCC3CO3)c(C)c2)cc(C)c1OCCCC1CO1. The van der Waals surface area contributed by atoms with Gasteiger partial charge in [-0.3, -0.25) is 0 Å². The second-order valence-electron chi connectivity index (χ2n) is 9.19. The van der Waals surface area contributed by atoms with Crippen molar-refractivity contribution in [3.63, 3.8) is 0 Å². The predicted molar refractivity (Wildman–Crippen MR) is 124 cm³/mol. The minimum atomic E-state index is 0.481. The van der Waals surface area contributed by atoms with E-state index in [2.05, 4.69) is 52.0 Å². The maximum Gasteiger partial charge on any atom is 0.125 e. The van der Waals surface area contributed by atoms with Crippen molar-refractivity contribution < 1.29 is 18.9 Å². The van der Waals surface area contributed by atoms with Gasteiger partial charge in [0.25, 0.3) is 0 Å². The van der Waals surface area contributed by atoms with Gasteiger partial charge >= 0.3 is 0 Å². The Morgan fingerprint density at radius 1 is 0.677 bits per heavy atom. The Hall–Kier alpha value is -2.04. The lowest BCUT2D eigenvalue weighted by atomic mass is 9.97. The number of aryl methyl sites for hydroxylation is 4. The van der Waals surface area contributed by atoms with Crippen LogP contribution in [0.4, 0.5) is 0 Å². The summed E-state index contributed by atoms with van der Waals surface area (Å²) in [6.07, 6.45) is 6.18. The molecule has 2 saturated heterocycles. The van der Waals surface area contributed by atoms with Gasteiger partial charge in [-0.25, -0.2) is 0 Å². The van der Waals surface area contributed by atoms with Crippen LogP contribution in [0.5, 0.6) is 11.5 Å². The summed E-state index contributed by atoms with van der Waals surface area (Å²) in [6.45, 7) is 12.0. The Morgan fingerprint density at radius 3 is 1.35 bits per heavy atom. The molecule has 2 aromatic rings. The van der Waals surface area contributed by atoms with Crippen molar-refractivity contribution in [2.24, 2.45) is 0 Å². The first-order valence-corrected chi connectivity index (χ1v) is 11.7. The molecule has 4 heteroatoms. The molecule has 0 aliphatic carbocycles. The highest BCUT2D eigenvalue weighted by atomic mass is 16.6. The summed E-state index contributed by atoms with van der Waals surface area (Å²) >= 11 is 0. The molecule has 0 bridgehead atoms. The van der Waals surface area contributed by atoms with Crippen LogP contribution in [0.1, 0.15) is 59.1 Å². The van der Waals surface area contributed by atoms with Gasteiger partial charge < -0.3 is 18.9 Å². The molecule has 0 aromatic heterocycles. The Morgan fingerprint density at radius 2 is 1.03 bits per heavy atom. The molecule has 4 nitrogen and oxygen atoms in total. The molecule has 0 amide bonds. The summed E-state index contributed by atoms with van der Waals surface area (Å²) in [4.78, 5) is 0. The molecule has 0 saturated carbocycles. The van der Waals surface area contributed by atoms with Crippen molar-refractivity contribution in [3.8, 4) is 11.5 Å². The van der Waals surface area contributed by atoms with Crippen molar-refractivity contribution in [3.05, 3.63) is 57.6 Å². The lowest BCUT2D eigenvalue weighted by Crippen LogP contribution is -2.04. The Labute approximate surface area is 186 Å². The average molecular weight is 425 g/mol. The normalized spacial score (nSPS) is 19.4. The zero-order chi connectivity index (χ0) is 21.8. The summed E-state index contributed by atoms with van der Waals surface area (Å²) in [5, 5.41) is 0. The van der Waals surface area contributed by atoms with Crippen LogP contribution in [0.15, 0.2) is 24.3 Å². The lowest BCUT2D eigenvalue weighted by Gasteiger charge is -2.16. The van der Waals surface area contributed by atoms with Crippen LogP contribution in [0, 0.1) is 27.7 Å². The molecule has 2 aromatic carbocycles. The second kappa shape index (κ2) is 10.1. The van der Waals surface area contributed by atoms with E-state index in [9.17, 15) is 0 Å². The Kier molecular flexibility index (Phi) is 7.19. The second-order valence-corrected chi connectivity index (χ2v) is 9.19. The number of ether oxygens (including phenoxy) is 4. The highest BCUT2D eigenvalue weighted by molar-refractivity contribution is 5.47. The van der Waals surface area contributed by atoms with E-state index in [1.807, 2.05) is 0 Å². The quantitative estimate of drug-likeness (QED) is 0.327. The number of hydrogen-bond donors (Lipinski definition) is 0. The number of benzene rings is 2. The van der Waals surface area contributed by atoms with Gasteiger partial charge in [0.2, 0.25) is 0 Å². The summed E-state index contributed by atoms with van der Waals surface area (Å²) < 4.78 is 22.7. The van der Waals surface area contributed by atoms with Crippen LogP contribution in [0.2, 0.25) is 0 Å². The molecule has 168 valence electrons. The molecule has 4 rings (SSSR count). The van der Waals surface area contributed by atoms with Gasteiger partial charge in [-0.2, -0.15) is 0 Å². The van der Waals surface area contributed by atoms with Crippen molar-refractivity contribution in [2.45, 2.75) is 72.0 Å². The number of epoxide rings is 2.